The fraction of sp³-hybridized carbons (Fsp3) is 0.0714. The minimum atomic E-state index is -1.18. The lowest BCUT2D eigenvalue weighted by molar-refractivity contribution is -0.307. The van der Waals surface area contributed by atoms with Gasteiger partial charge in [-0.15, -0.1) is 0 Å². The lowest BCUT2D eigenvalue weighted by Gasteiger charge is -2.21. The molecule has 0 fully saturated rings. The van der Waals surface area contributed by atoms with Crippen LogP contribution < -0.4 is 10.4 Å². The van der Waals surface area contributed by atoms with Crippen molar-refractivity contribution in [1.82, 2.24) is 0 Å². The molecule has 18 heavy (non-hydrogen) atoms. The van der Waals surface area contributed by atoms with Crippen molar-refractivity contribution in [3.8, 4) is 0 Å². The summed E-state index contributed by atoms with van der Waals surface area (Å²) in [6, 6.07) is 14.9. The van der Waals surface area contributed by atoms with Crippen LogP contribution >= 0.6 is 11.6 Å². The number of carbonyl (C=O) groups is 1. The van der Waals surface area contributed by atoms with Gasteiger partial charge < -0.3 is 15.2 Å². The zero-order valence-corrected chi connectivity index (χ0v) is 10.2. The molecule has 0 amide bonds. The molecule has 0 aliphatic rings. The Labute approximate surface area is 110 Å². The Kier molecular flexibility index (Phi) is 3.85. The average molecular weight is 261 g/mol. The standard InChI is InChI=1S/C14H12ClNO2/c15-11-8-6-10(7-9-11)13(14(17)18)16-12-4-2-1-3-5-12/h1-9,13,16H,(H,17,18)/p-1/t13-/m1/s1. The monoisotopic (exact) mass is 260 g/mol. The van der Waals surface area contributed by atoms with Gasteiger partial charge in [0.05, 0.1) is 12.0 Å². The Bertz CT molecular complexity index is 525. The van der Waals surface area contributed by atoms with E-state index in [-0.39, 0.29) is 0 Å². The van der Waals surface area contributed by atoms with Crippen molar-refractivity contribution < 1.29 is 9.90 Å². The first-order chi connectivity index (χ1) is 8.66. The smallest absolute Gasteiger partial charge is 0.0912 e. The van der Waals surface area contributed by atoms with E-state index in [1.54, 1.807) is 36.4 Å². The number of carbonyl (C=O) groups excluding carboxylic acids is 1. The number of para-hydroxylation sites is 1. The van der Waals surface area contributed by atoms with E-state index in [1.165, 1.54) is 0 Å². The maximum absolute atomic E-state index is 11.2. The number of hydrogen-bond acceptors (Lipinski definition) is 3. The normalized spacial score (nSPS) is 11.8. The molecule has 0 saturated carbocycles. The van der Waals surface area contributed by atoms with Gasteiger partial charge in [-0.2, -0.15) is 0 Å². The third kappa shape index (κ3) is 3.02. The Morgan fingerprint density at radius 2 is 1.67 bits per heavy atom. The maximum atomic E-state index is 11.2. The molecular formula is C14H11ClNO2-. The quantitative estimate of drug-likeness (QED) is 0.917. The van der Waals surface area contributed by atoms with Crippen molar-refractivity contribution in [2.45, 2.75) is 6.04 Å². The summed E-state index contributed by atoms with van der Waals surface area (Å²) in [5, 5.41) is 14.7. The van der Waals surface area contributed by atoms with Gasteiger partial charge >= 0.3 is 0 Å². The van der Waals surface area contributed by atoms with Gasteiger partial charge in [0.15, 0.2) is 0 Å². The van der Waals surface area contributed by atoms with E-state index >= 15 is 0 Å². The molecule has 0 unspecified atom stereocenters. The fourth-order valence-corrected chi connectivity index (χ4v) is 1.76. The molecule has 1 atom stereocenters. The van der Waals surface area contributed by atoms with E-state index in [1.807, 2.05) is 18.2 Å². The highest BCUT2D eigenvalue weighted by Gasteiger charge is 2.12. The van der Waals surface area contributed by atoms with E-state index in [4.69, 9.17) is 11.6 Å². The number of carboxylic acid groups (broad SMARTS) is 1. The molecule has 2 aromatic carbocycles. The molecule has 0 bridgehead atoms. The van der Waals surface area contributed by atoms with Gasteiger partial charge in [-0.25, -0.2) is 0 Å². The molecule has 92 valence electrons. The van der Waals surface area contributed by atoms with Crippen LogP contribution in [0, 0.1) is 0 Å². The molecule has 0 heterocycles. The second-order valence-corrected chi connectivity index (χ2v) is 4.25. The third-order valence-corrected chi connectivity index (χ3v) is 2.78. The number of carboxylic acids is 1. The Hall–Kier alpha value is -2.00. The van der Waals surface area contributed by atoms with Crippen LogP contribution in [0.1, 0.15) is 11.6 Å². The second kappa shape index (κ2) is 5.56. The minimum absolute atomic E-state index is 0.565. The average Bonchev–Trinajstić information content (AvgIpc) is 2.38. The van der Waals surface area contributed by atoms with Crippen molar-refractivity contribution >= 4 is 23.3 Å². The van der Waals surface area contributed by atoms with Crippen molar-refractivity contribution in [3.05, 3.63) is 65.2 Å². The summed E-state index contributed by atoms with van der Waals surface area (Å²) in [6.07, 6.45) is 0. The Morgan fingerprint density at radius 3 is 2.22 bits per heavy atom. The number of nitrogens with one attached hydrogen (secondary N) is 1. The molecule has 0 aliphatic heterocycles. The number of aliphatic carboxylic acids is 1. The molecule has 4 heteroatoms. The molecular weight excluding hydrogens is 250 g/mol. The first-order valence-electron chi connectivity index (χ1n) is 5.45. The van der Waals surface area contributed by atoms with Gasteiger partial charge in [0.25, 0.3) is 0 Å². The van der Waals surface area contributed by atoms with E-state index in [0.29, 0.717) is 10.6 Å². The predicted molar refractivity (Wildman–Crippen MR) is 69.3 cm³/mol. The fourth-order valence-electron chi connectivity index (χ4n) is 1.63. The number of benzene rings is 2. The van der Waals surface area contributed by atoms with E-state index in [0.717, 1.165) is 5.69 Å². The lowest BCUT2D eigenvalue weighted by Crippen LogP contribution is -2.34. The molecule has 0 radical (unpaired) electrons. The highest BCUT2D eigenvalue weighted by molar-refractivity contribution is 6.30. The highest BCUT2D eigenvalue weighted by Crippen LogP contribution is 2.20. The van der Waals surface area contributed by atoms with Crippen molar-refractivity contribution in [3.63, 3.8) is 0 Å². The van der Waals surface area contributed by atoms with Gasteiger partial charge in [-0.05, 0) is 29.8 Å². The van der Waals surface area contributed by atoms with Gasteiger partial charge in [0.2, 0.25) is 0 Å². The van der Waals surface area contributed by atoms with Crippen molar-refractivity contribution in [2.24, 2.45) is 0 Å². The summed E-state index contributed by atoms with van der Waals surface area (Å²) in [7, 11) is 0. The largest absolute Gasteiger partial charge is 0.548 e. The third-order valence-electron chi connectivity index (χ3n) is 2.52. The van der Waals surface area contributed by atoms with Crippen LogP contribution in [-0.2, 0) is 4.79 Å². The molecule has 3 nitrogen and oxygen atoms in total. The summed E-state index contributed by atoms with van der Waals surface area (Å²) in [5.41, 5.74) is 1.32. The molecule has 0 saturated heterocycles. The van der Waals surface area contributed by atoms with Gasteiger partial charge in [0.1, 0.15) is 0 Å². The van der Waals surface area contributed by atoms with Crippen LogP contribution in [0.4, 0.5) is 5.69 Å². The Morgan fingerprint density at radius 1 is 1.06 bits per heavy atom. The van der Waals surface area contributed by atoms with Crippen LogP contribution in [-0.4, -0.2) is 5.97 Å². The van der Waals surface area contributed by atoms with Gasteiger partial charge in [0, 0.05) is 10.7 Å². The summed E-state index contributed by atoms with van der Waals surface area (Å²) in [4.78, 5) is 11.2. The van der Waals surface area contributed by atoms with Crippen molar-refractivity contribution in [1.29, 1.82) is 0 Å². The first-order valence-corrected chi connectivity index (χ1v) is 5.82. The topological polar surface area (TPSA) is 52.2 Å². The van der Waals surface area contributed by atoms with E-state index < -0.39 is 12.0 Å². The highest BCUT2D eigenvalue weighted by atomic mass is 35.5. The summed E-state index contributed by atoms with van der Waals surface area (Å²) >= 11 is 5.77. The summed E-state index contributed by atoms with van der Waals surface area (Å²) in [6.45, 7) is 0. The molecule has 0 spiro atoms. The molecule has 1 N–H and O–H groups in total. The zero-order chi connectivity index (χ0) is 13.0. The van der Waals surface area contributed by atoms with Crippen LogP contribution in [0.15, 0.2) is 54.6 Å². The number of halogens is 1. The van der Waals surface area contributed by atoms with Crippen LogP contribution in [0.2, 0.25) is 5.02 Å². The number of hydrogen-bond donors (Lipinski definition) is 1. The SMILES string of the molecule is O=C([O-])[C@H](Nc1ccccc1)c1ccc(Cl)cc1. The van der Waals surface area contributed by atoms with Crippen LogP contribution in [0.25, 0.3) is 0 Å². The van der Waals surface area contributed by atoms with Gasteiger partial charge in [-0.3, -0.25) is 0 Å². The number of rotatable bonds is 4. The maximum Gasteiger partial charge on any atom is 0.0912 e. The second-order valence-electron chi connectivity index (χ2n) is 3.81. The zero-order valence-electron chi connectivity index (χ0n) is 9.47. The summed E-state index contributed by atoms with van der Waals surface area (Å²) < 4.78 is 0. The minimum Gasteiger partial charge on any atom is -0.548 e. The predicted octanol–water partition coefficient (Wildman–Crippen LogP) is 2.24. The van der Waals surface area contributed by atoms with Crippen molar-refractivity contribution in [2.75, 3.05) is 5.32 Å². The van der Waals surface area contributed by atoms with Gasteiger partial charge in [-0.1, -0.05) is 41.9 Å². The molecule has 2 rings (SSSR count). The van der Waals surface area contributed by atoms with Crippen LogP contribution in [0.5, 0.6) is 0 Å². The van der Waals surface area contributed by atoms with Crippen LogP contribution in [0.3, 0.4) is 0 Å². The van der Waals surface area contributed by atoms with E-state index in [2.05, 4.69) is 5.32 Å². The van der Waals surface area contributed by atoms with E-state index in [9.17, 15) is 9.90 Å². The Balaban J connectivity index is 2.24. The first kappa shape index (κ1) is 12.5. The molecule has 2 aromatic rings. The summed E-state index contributed by atoms with van der Waals surface area (Å²) in [5.74, 6) is -1.18. The molecule has 0 aliphatic carbocycles. The molecule has 0 aromatic heterocycles. The number of anilines is 1. The lowest BCUT2D eigenvalue weighted by atomic mass is 10.1.